The van der Waals surface area contributed by atoms with Crippen molar-refractivity contribution in [2.75, 3.05) is 38.6 Å². The second kappa shape index (κ2) is 10.2. The number of alkyl halides is 1. The Morgan fingerprint density at radius 3 is 2.58 bits per heavy atom. The van der Waals surface area contributed by atoms with Gasteiger partial charge in [0.25, 0.3) is 0 Å². The highest BCUT2D eigenvalue weighted by atomic mass is 35.5. The highest BCUT2D eigenvalue weighted by Crippen LogP contribution is 2.37. The van der Waals surface area contributed by atoms with Crippen molar-refractivity contribution in [3.63, 3.8) is 0 Å². The molecule has 178 valence electrons. The summed E-state index contributed by atoms with van der Waals surface area (Å²) >= 11 is 7.85. The van der Waals surface area contributed by atoms with Crippen molar-refractivity contribution in [3.05, 3.63) is 57.8 Å². The summed E-state index contributed by atoms with van der Waals surface area (Å²) in [7, 11) is 0. The third kappa shape index (κ3) is 5.13. The third-order valence-electron chi connectivity index (χ3n) is 6.95. The molecule has 1 aromatic carbocycles. The van der Waals surface area contributed by atoms with Crippen molar-refractivity contribution < 1.29 is 9.59 Å². The molecule has 33 heavy (non-hydrogen) atoms. The summed E-state index contributed by atoms with van der Waals surface area (Å²) in [6, 6.07) is 13.1. The molecule has 2 aromatic rings. The Morgan fingerprint density at radius 1 is 1.12 bits per heavy atom. The maximum Gasteiger partial charge on any atom is 0.229 e. The van der Waals surface area contributed by atoms with Crippen molar-refractivity contribution in [2.24, 2.45) is 5.41 Å². The molecule has 2 atom stereocenters. The van der Waals surface area contributed by atoms with Crippen LogP contribution in [0.25, 0.3) is 0 Å². The monoisotopic (exact) mass is 487 g/mol. The van der Waals surface area contributed by atoms with Crippen LogP contribution >= 0.6 is 22.9 Å². The molecule has 0 spiro atoms. The smallest absolute Gasteiger partial charge is 0.229 e. The van der Waals surface area contributed by atoms with Crippen LogP contribution in [-0.2, 0) is 16.0 Å². The van der Waals surface area contributed by atoms with Gasteiger partial charge in [-0.05, 0) is 49.8 Å². The summed E-state index contributed by atoms with van der Waals surface area (Å²) in [4.78, 5) is 33.7. The number of fused-ring (bicyclic) bond motifs is 1. The van der Waals surface area contributed by atoms with Gasteiger partial charge in [-0.1, -0.05) is 30.3 Å². The Bertz CT molecular complexity index is 977. The van der Waals surface area contributed by atoms with E-state index in [0.29, 0.717) is 31.9 Å². The first kappa shape index (κ1) is 24.2. The standard InChI is InChI=1S/C26H34ClN3O2S/c1-19-17-29(14-15-30(19)25(32)26(2,3)18-27)23(31)10-13-28-12-9-22-21(11-16-33-22)24(28)20-7-5-4-6-8-20/h4-8,11,16,19,24H,9-10,12-15,17-18H2,1-3H3/t19-,24-/m1/s1. The molecule has 2 aliphatic heterocycles. The molecule has 1 aromatic heterocycles. The lowest BCUT2D eigenvalue weighted by molar-refractivity contribution is -0.148. The number of carbonyl (C=O) groups is 2. The minimum absolute atomic E-state index is 0.00175. The number of nitrogens with zero attached hydrogens (tertiary/aromatic N) is 3. The van der Waals surface area contributed by atoms with Crippen molar-refractivity contribution in [3.8, 4) is 0 Å². The predicted octanol–water partition coefficient (Wildman–Crippen LogP) is 4.41. The second-order valence-electron chi connectivity index (χ2n) is 9.85. The zero-order valence-electron chi connectivity index (χ0n) is 19.8. The van der Waals surface area contributed by atoms with Gasteiger partial charge < -0.3 is 9.80 Å². The molecule has 2 aliphatic rings. The fourth-order valence-electron chi connectivity index (χ4n) is 4.96. The first-order valence-electron chi connectivity index (χ1n) is 11.8. The molecule has 5 nitrogen and oxygen atoms in total. The summed E-state index contributed by atoms with van der Waals surface area (Å²) in [6.07, 6.45) is 1.54. The number of piperazine rings is 1. The zero-order chi connectivity index (χ0) is 23.6. The number of hydrogen-bond donors (Lipinski definition) is 0. The molecular weight excluding hydrogens is 454 g/mol. The fraction of sp³-hybridized carbons (Fsp3) is 0.538. The Kier molecular flexibility index (Phi) is 7.46. The van der Waals surface area contributed by atoms with Gasteiger partial charge >= 0.3 is 0 Å². The first-order valence-corrected chi connectivity index (χ1v) is 13.2. The highest BCUT2D eigenvalue weighted by molar-refractivity contribution is 7.10. The minimum atomic E-state index is -0.580. The molecular formula is C26H34ClN3O2S. The van der Waals surface area contributed by atoms with E-state index in [-0.39, 0.29) is 23.9 Å². The van der Waals surface area contributed by atoms with E-state index in [4.69, 9.17) is 11.6 Å². The molecule has 0 unspecified atom stereocenters. The molecule has 4 rings (SSSR count). The lowest BCUT2D eigenvalue weighted by Gasteiger charge is -2.43. The molecule has 1 saturated heterocycles. The number of carbonyl (C=O) groups excluding carboxylic acids is 2. The maximum atomic E-state index is 13.1. The van der Waals surface area contributed by atoms with Crippen LogP contribution in [0.2, 0.25) is 0 Å². The molecule has 1 fully saturated rings. The van der Waals surface area contributed by atoms with Gasteiger partial charge in [-0.2, -0.15) is 0 Å². The van der Waals surface area contributed by atoms with Crippen LogP contribution in [0, 0.1) is 5.41 Å². The Hall–Kier alpha value is -1.89. The second-order valence-corrected chi connectivity index (χ2v) is 11.1. The predicted molar refractivity (Wildman–Crippen MR) is 135 cm³/mol. The number of hydrogen-bond acceptors (Lipinski definition) is 4. The Balaban J connectivity index is 1.38. The highest BCUT2D eigenvalue weighted by Gasteiger charge is 2.37. The molecule has 0 N–H and O–H groups in total. The van der Waals surface area contributed by atoms with Gasteiger partial charge in [0.05, 0.1) is 11.5 Å². The van der Waals surface area contributed by atoms with Crippen molar-refractivity contribution in [2.45, 2.75) is 45.7 Å². The third-order valence-corrected chi connectivity index (χ3v) is 8.61. The lowest BCUT2D eigenvalue weighted by atomic mass is 9.93. The van der Waals surface area contributed by atoms with Crippen molar-refractivity contribution >= 4 is 34.8 Å². The van der Waals surface area contributed by atoms with Gasteiger partial charge in [0.1, 0.15) is 0 Å². The van der Waals surface area contributed by atoms with Gasteiger partial charge in [0.2, 0.25) is 11.8 Å². The van der Waals surface area contributed by atoms with E-state index in [0.717, 1.165) is 19.5 Å². The van der Waals surface area contributed by atoms with Crippen LogP contribution in [0.4, 0.5) is 0 Å². The number of thiophene rings is 1. The Morgan fingerprint density at radius 2 is 1.88 bits per heavy atom. The van der Waals surface area contributed by atoms with E-state index < -0.39 is 5.41 Å². The Labute approximate surface area is 206 Å². The van der Waals surface area contributed by atoms with Crippen molar-refractivity contribution in [1.29, 1.82) is 0 Å². The molecule has 2 amide bonds. The van der Waals surface area contributed by atoms with E-state index >= 15 is 0 Å². The van der Waals surface area contributed by atoms with Crippen LogP contribution < -0.4 is 0 Å². The quantitative estimate of drug-likeness (QED) is 0.567. The van der Waals surface area contributed by atoms with Crippen LogP contribution in [-0.4, -0.2) is 71.2 Å². The van der Waals surface area contributed by atoms with Gasteiger partial charge in [0.15, 0.2) is 0 Å². The van der Waals surface area contributed by atoms with E-state index in [1.54, 1.807) is 0 Å². The van der Waals surface area contributed by atoms with E-state index in [9.17, 15) is 9.59 Å². The van der Waals surface area contributed by atoms with Crippen LogP contribution in [0.5, 0.6) is 0 Å². The SMILES string of the molecule is C[C@@H]1CN(C(=O)CCN2CCc3sccc3[C@H]2c2ccccc2)CCN1C(=O)C(C)(C)CCl. The average molecular weight is 488 g/mol. The molecule has 3 heterocycles. The van der Waals surface area contributed by atoms with Gasteiger partial charge in [-0.25, -0.2) is 0 Å². The van der Waals surface area contributed by atoms with Gasteiger partial charge in [0, 0.05) is 55.9 Å². The lowest BCUT2D eigenvalue weighted by Crippen LogP contribution is -2.58. The number of benzene rings is 1. The normalized spacial score (nSPS) is 21.7. The minimum Gasteiger partial charge on any atom is -0.339 e. The molecule has 0 saturated carbocycles. The summed E-state index contributed by atoms with van der Waals surface area (Å²) < 4.78 is 0. The molecule has 0 bridgehead atoms. The summed E-state index contributed by atoms with van der Waals surface area (Å²) in [5.41, 5.74) is 2.09. The molecule has 0 aliphatic carbocycles. The summed E-state index contributed by atoms with van der Waals surface area (Å²) in [5.74, 6) is 0.540. The van der Waals surface area contributed by atoms with Crippen molar-refractivity contribution in [1.82, 2.24) is 14.7 Å². The first-order chi connectivity index (χ1) is 15.8. The van der Waals surface area contributed by atoms with Gasteiger partial charge in [-0.3, -0.25) is 14.5 Å². The molecule has 0 radical (unpaired) electrons. The average Bonchev–Trinajstić information content (AvgIpc) is 3.31. The number of halogens is 1. The van der Waals surface area contributed by atoms with Gasteiger partial charge in [-0.15, -0.1) is 22.9 Å². The van der Waals surface area contributed by atoms with Crippen LogP contribution in [0.3, 0.4) is 0 Å². The summed E-state index contributed by atoms with van der Waals surface area (Å²) in [6.45, 7) is 9.23. The van der Waals surface area contributed by atoms with Crippen LogP contribution in [0.15, 0.2) is 41.8 Å². The van der Waals surface area contributed by atoms with Crippen LogP contribution in [0.1, 0.15) is 49.2 Å². The number of amides is 2. The maximum absolute atomic E-state index is 13.1. The van der Waals surface area contributed by atoms with E-state index in [1.165, 1.54) is 16.0 Å². The molecule has 7 heteroatoms. The number of rotatable bonds is 6. The largest absolute Gasteiger partial charge is 0.339 e. The zero-order valence-corrected chi connectivity index (χ0v) is 21.4. The topological polar surface area (TPSA) is 43.9 Å². The van der Waals surface area contributed by atoms with E-state index in [2.05, 4.69) is 46.7 Å². The fourth-order valence-corrected chi connectivity index (χ4v) is 5.98. The summed E-state index contributed by atoms with van der Waals surface area (Å²) in [5, 5.41) is 2.18. The van der Waals surface area contributed by atoms with E-state index in [1.807, 2.05) is 41.9 Å².